The molecule has 0 spiro atoms. The Morgan fingerprint density at radius 2 is 1.94 bits per heavy atom. The lowest BCUT2D eigenvalue weighted by atomic mass is 10.1. The molecule has 1 aromatic carbocycles. The van der Waals surface area contributed by atoms with Gasteiger partial charge < -0.3 is 4.74 Å². The zero-order valence-corrected chi connectivity index (χ0v) is 9.18. The normalized spacial score (nSPS) is 22.6. The van der Waals surface area contributed by atoms with Gasteiger partial charge in [-0.2, -0.15) is 0 Å². The molecule has 1 saturated carbocycles. The SMILES string of the molecule is CCOC(=O)C1CC1C(=O)c1ccccc1. The number of ether oxygens (including phenoxy) is 1. The lowest BCUT2D eigenvalue weighted by Gasteiger charge is -2.00. The Morgan fingerprint density at radius 1 is 1.25 bits per heavy atom. The first-order chi connectivity index (χ1) is 7.74. The van der Waals surface area contributed by atoms with Crippen LogP contribution >= 0.6 is 0 Å². The summed E-state index contributed by atoms with van der Waals surface area (Å²) in [7, 11) is 0. The number of Topliss-reactive ketones (excluding diaryl/α,β-unsaturated/α-hetero) is 1. The van der Waals surface area contributed by atoms with Crippen LogP contribution in [-0.2, 0) is 9.53 Å². The minimum Gasteiger partial charge on any atom is -0.466 e. The lowest BCUT2D eigenvalue weighted by Crippen LogP contribution is -2.11. The van der Waals surface area contributed by atoms with Crippen LogP contribution in [0.3, 0.4) is 0 Å². The zero-order chi connectivity index (χ0) is 11.5. The van der Waals surface area contributed by atoms with Crippen molar-refractivity contribution >= 4 is 11.8 Å². The van der Waals surface area contributed by atoms with E-state index >= 15 is 0 Å². The summed E-state index contributed by atoms with van der Waals surface area (Å²) < 4.78 is 4.89. The Hall–Kier alpha value is -1.64. The molecular formula is C13H14O3. The maximum atomic E-state index is 11.9. The van der Waals surface area contributed by atoms with Gasteiger partial charge in [0.2, 0.25) is 0 Å². The molecule has 84 valence electrons. The molecule has 0 bridgehead atoms. The van der Waals surface area contributed by atoms with Gasteiger partial charge in [-0.15, -0.1) is 0 Å². The van der Waals surface area contributed by atoms with E-state index < -0.39 is 0 Å². The van der Waals surface area contributed by atoms with Gasteiger partial charge >= 0.3 is 5.97 Å². The van der Waals surface area contributed by atoms with Crippen molar-refractivity contribution in [2.24, 2.45) is 11.8 Å². The minimum atomic E-state index is -0.239. The molecular weight excluding hydrogens is 204 g/mol. The van der Waals surface area contributed by atoms with E-state index in [-0.39, 0.29) is 23.6 Å². The number of carbonyl (C=O) groups excluding carboxylic acids is 2. The Bertz CT molecular complexity index is 397. The maximum absolute atomic E-state index is 11.9. The molecule has 0 heterocycles. The smallest absolute Gasteiger partial charge is 0.309 e. The van der Waals surface area contributed by atoms with Crippen LogP contribution in [0.2, 0.25) is 0 Å². The average molecular weight is 218 g/mol. The summed E-state index contributed by atoms with van der Waals surface area (Å²) in [5.41, 5.74) is 0.680. The molecule has 2 unspecified atom stereocenters. The Morgan fingerprint density at radius 3 is 2.56 bits per heavy atom. The number of hydrogen-bond donors (Lipinski definition) is 0. The van der Waals surface area contributed by atoms with Crippen LogP contribution in [0, 0.1) is 11.8 Å². The molecule has 16 heavy (non-hydrogen) atoms. The van der Waals surface area contributed by atoms with E-state index in [1.54, 1.807) is 19.1 Å². The van der Waals surface area contributed by atoms with Gasteiger partial charge in [-0.05, 0) is 13.3 Å². The lowest BCUT2D eigenvalue weighted by molar-refractivity contribution is -0.144. The van der Waals surface area contributed by atoms with Crippen molar-refractivity contribution in [2.75, 3.05) is 6.61 Å². The number of ketones is 1. The summed E-state index contributed by atoms with van der Waals surface area (Å²) in [4.78, 5) is 23.3. The molecule has 0 aliphatic heterocycles. The molecule has 1 fully saturated rings. The highest BCUT2D eigenvalue weighted by Gasteiger charge is 2.48. The first-order valence-corrected chi connectivity index (χ1v) is 5.50. The third kappa shape index (κ3) is 2.13. The topological polar surface area (TPSA) is 43.4 Å². The first kappa shape index (κ1) is 10.9. The molecule has 3 heteroatoms. The maximum Gasteiger partial charge on any atom is 0.309 e. The van der Waals surface area contributed by atoms with Crippen LogP contribution in [-0.4, -0.2) is 18.4 Å². The van der Waals surface area contributed by atoms with Gasteiger partial charge in [0, 0.05) is 11.5 Å². The predicted octanol–water partition coefficient (Wildman–Crippen LogP) is 2.07. The van der Waals surface area contributed by atoms with Crippen LogP contribution in [0.4, 0.5) is 0 Å². The van der Waals surface area contributed by atoms with Crippen molar-refractivity contribution in [1.29, 1.82) is 0 Å². The molecule has 0 N–H and O–H groups in total. The number of rotatable bonds is 4. The summed E-state index contributed by atoms with van der Waals surface area (Å²) in [6, 6.07) is 9.09. The fraction of sp³-hybridized carbons (Fsp3) is 0.385. The molecule has 1 aromatic rings. The van der Waals surface area contributed by atoms with Gasteiger partial charge in [0.15, 0.2) is 5.78 Å². The van der Waals surface area contributed by atoms with Crippen LogP contribution < -0.4 is 0 Å². The molecule has 2 rings (SSSR count). The van der Waals surface area contributed by atoms with E-state index in [0.29, 0.717) is 18.6 Å². The predicted molar refractivity (Wildman–Crippen MR) is 59.0 cm³/mol. The van der Waals surface area contributed by atoms with E-state index in [0.717, 1.165) is 0 Å². The summed E-state index contributed by atoms with van der Waals surface area (Å²) >= 11 is 0. The van der Waals surface area contributed by atoms with Crippen molar-refractivity contribution in [3.63, 3.8) is 0 Å². The quantitative estimate of drug-likeness (QED) is 0.574. The first-order valence-electron chi connectivity index (χ1n) is 5.50. The monoisotopic (exact) mass is 218 g/mol. The van der Waals surface area contributed by atoms with E-state index in [9.17, 15) is 9.59 Å². The van der Waals surface area contributed by atoms with Crippen molar-refractivity contribution in [3.8, 4) is 0 Å². The van der Waals surface area contributed by atoms with Gasteiger partial charge in [0.25, 0.3) is 0 Å². The fourth-order valence-corrected chi connectivity index (χ4v) is 1.81. The molecule has 0 saturated heterocycles. The van der Waals surface area contributed by atoms with Crippen molar-refractivity contribution in [2.45, 2.75) is 13.3 Å². The Labute approximate surface area is 94.4 Å². The summed E-state index contributed by atoms with van der Waals surface area (Å²) in [5, 5.41) is 0. The Balaban J connectivity index is 1.97. The van der Waals surface area contributed by atoms with Gasteiger partial charge in [-0.1, -0.05) is 30.3 Å². The largest absolute Gasteiger partial charge is 0.466 e. The van der Waals surface area contributed by atoms with E-state index in [1.807, 2.05) is 18.2 Å². The van der Waals surface area contributed by atoms with Crippen LogP contribution in [0.15, 0.2) is 30.3 Å². The number of benzene rings is 1. The van der Waals surface area contributed by atoms with Gasteiger partial charge in [-0.25, -0.2) is 0 Å². The van der Waals surface area contributed by atoms with Crippen LogP contribution in [0.25, 0.3) is 0 Å². The highest BCUT2D eigenvalue weighted by Crippen LogP contribution is 2.41. The molecule has 0 radical (unpaired) electrons. The zero-order valence-electron chi connectivity index (χ0n) is 9.18. The molecule has 3 nitrogen and oxygen atoms in total. The average Bonchev–Trinajstić information content (AvgIpc) is 3.09. The third-order valence-electron chi connectivity index (χ3n) is 2.77. The summed E-state index contributed by atoms with van der Waals surface area (Å²) in [6.45, 7) is 2.15. The highest BCUT2D eigenvalue weighted by molar-refractivity contribution is 6.02. The molecule has 0 amide bonds. The number of esters is 1. The third-order valence-corrected chi connectivity index (χ3v) is 2.77. The highest BCUT2D eigenvalue weighted by atomic mass is 16.5. The summed E-state index contributed by atoms with van der Waals surface area (Å²) in [6.07, 6.45) is 0.632. The van der Waals surface area contributed by atoms with Gasteiger partial charge in [0.1, 0.15) is 0 Å². The Kier molecular flexibility index (Phi) is 3.04. The van der Waals surface area contributed by atoms with Gasteiger partial charge in [0.05, 0.1) is 12.5 Å². The van der Waals surface area contributed by atoms with Crippen molar-refractivity contribution in [3.05, 3.63) is 35.9 Å². The fourth-order valence-electron chi connectivity index (χ4n) is 1.81. The second-order valence-corrected chi connectivity index (χ2v) is 3.93. The summed E-state index contributed by atoms with van der Waals surface area (Å²) in [5.74, 6) is -0.565. The van der Waals surface area contributed by atoms with Crippen LogP contribution in [0.5, 0.6) is 0 Å². The van der Waals surface area contributed by atoms with E-state index in [4.69, 9.17) is 4.74 Å². The van der Waals surface area contributed by atoms with Crippen LogP contribution in [0.1, 0.15) is 23.7 Å². The standard InChI is InChI=1S/C13H14O3/c1-2-16-13(15)11-8-10(11)12(14)9-6-4-3-5-7-9/h3-7,10-11H,2,8H2,1H3. The molecule has 1 aliphatic rings. The second kappa shape index (κ2) is 4.47. The second-order valence-electron chi connectivity index (χ2n) is 3.93. The number of hydrogen-bond acceptors (Lipinski definition) is 3. The van der Waals surface area contributed by atoms with Gasteiger partial charge in [-0.3, -0.25) is 9.59 Å². The van der Waals surface area contributed by atoms with E-state index in [1.165, 1.54) is 0 Å². The molecule has 0 aromatic heterocycles. The van der Waals surface area contributed by atoms with Crippen molar-refractivity contribution in [1.82, 2.24) is 0 Å². The molecule has 1 aliphatic carbocycles. The number of carbonyl (C=O) groups is 2. The molecule has 2 atom stereocenters. The van der Waals surface area contributed by atoms with Crippen molar-refractivity contribution < 1.29 is 14.3 Å². The van der Waals surface area contributed by atoms with E-state index in [2.05, 4.69) is 0 Å². The minimum absolute atomic E-state index is 0.0543.